The molecule has 5 rings (SSSR count). The monoisotopic (exact) mass is 552 g/mol. The van der Waals surface area contributed by atoms with E-state index in [-0.39, 0.29) is 24.9 Å². The summed E-state index contributed by atoms with van der Waals surface area (Å²) in [6.07, 6.45) is 1.62. The fraction of sp³-hybridized carbons (Fsp3) is 0.357. The van der Waals surface area contributed by atoms with Crippen molar-refractivity contribution in [3.05, 3.63) is 65.1 Å². The lowest BCUT2D eigenvalue weighted by atomic mass is 10.1. The predicted octanol–water partition coefficient (Wildman–Crippen LogP) is 3.46. The van der Waals surface area contributed by atoms with Gasteiger partial charge in [0, 0.05) is 69.4 Å². The van der Waals surface area contributed by atoms with Crippen molar-refractivity contribution >= 4 is 34.9 Å². The number of halogens is 2. The lowest BCUT2D eigenvalue weighted by molar-refractivity contribution is -0.130. The average molecular weight is 553 g/mol. The van der Waals surface area contributed by atoms with Crippen molar-refractivity contribution in [2.75, 3.05) is 62.7 Å². The van der Waals surface area contributed by atoms with Crippen LogP contribution in [0.2, 0.25) is 5.02 Å². The van der Waals surface area contributed by atoms with Crippen LogP contribution in [0.5, 0.6) is 5.75 Å². The SMILES string of the molecule is CC(=O)N1CCN(CCOc2ccc(-c3ncc4c(n3)N(Cc3ccc(Cl)cc3F)CC(=O)N4C)cc2)CC1. The summed E-state index contributed by atoms with van der Waals surface area (Å²) in [5.41, 5.74) is 1.78. The van der Waals surface area contributed by atoms with Crippen LogP contribution in [-0.2, 0) is 16.1 Å². The standard InChI is InChI=1S/C28H30ClFN6O3/c1-19(37)35-11-9-34(10-12-35)13-14-39-23-7-4-20(5-8-23)27-31-16-25-28(32-27)36(18-26(38)33(25)2)17-21-3-6-22(29)15-24(21)30/h3-8,15-16H,9-14,17-18H2,1-2H3. The summed E-state index contributed by atoms with van der Waals surface area (Å²) in [5, 5.41) is 0.315. The largest absolute Gasteiger partial charge is 0.492 e. The summed E-state index contributed by atoms with van der Waals surface area (Å²) in [6, 6.07) is 12.0. The Kier molecular flexibility index (Phi) is 7.94. The molecule has 3 aromatic rings. The number of carbonyl (C=O) groups excluding carboxylic acids is 2. The fourth-order valence-electron chi connectivity index (χ4n) is 4.72. The first-order valence-electron chi connectivity index (χ1n) is 12.8. The summed E-state index contributed by atoms with van der Waals surface area (Å²) in [5.74, 6) is 1.35. The number of piperazine rings is 1. The van der Waals surface area contributed by atoms with Crippen LogP contribution in [-0.4, -0.2) is 84.5 Å². The van der Waals surface area contributed by atoms with Crippen molar-refractivity contribution in [1.82, 2.24) is 19.8 Å². The van der Waals surface area contributed by atoms with Gasteiger partial charge in [0.05, 0.1) is 12.7 Å². The molecule has 204 valence electrons. The molecule has 0 aliphatic carbocycles. The molecule has 0 unspecified atom stereocenters. The van der Waals surface area contributed by atoms with Crippen molar-refractivity contribution in [1.29, 1.82) is 0 Å². The van der Waals surface area contributed by atoms with E-state index in [0.717, 1.165) is 44.0 Å². The Morgan fingerprint density at radius 1 is 1.10 bits per heavy atom. The average Bonchev–Trinajstić information content (AvgIpc) is 2.93. The predicted molar refractivity (Wildman–Crippen MR) is 148 cm³/mol. The molecule has 0 spiro atoms. The van der Waals surface area contributed by atoms with Crippen LogP contribution in [0.4, 0.5) is 15.9 Å². The number of hydrogen-bond acceptors (Lipinski definition) is 7. The normalized spacial score (nSPS) is 15.9. The minimum atomic E-state index is -0.432. The molecular weight excluding hydrogens is 523 g/mol. The Bertz CT molecular complexity index is 1360. The molecule has 2 aliphatic rings. The number of ether oxygens (including phenoxy) is 1. The third-order valence-corrected chi connectivity index (χ3v) is 7.33. The molecule has 2 aliphatic heterocycles. The summed E-state index contributed by atoms with van der Waals surface area (Å²) >= 11 is 5.90. The van der Waals surface area contributed by atoms with E-state index in [0.29, 0.717) is 34.5 Å². The van der Waals surface area contributed by atoms with Gasteiger partial charge >= 0.3 is 0 Å². The van der Waals surface area contributed by atoms with Crippen LogP contribution < -0.4 is 14.5 Å². The molecule has 3 heterocycles. The van der Waals surface area contributed by atoms with E-state index in [1.54, 1.807) is 37.2 Å². The lowest BCUT2D eigenvalue weighted by Gasteiger charge is -2.34. The molecule has 1 saturated heterocycles. The summed E-state index contributed by atoms with van der Waals surface area (Å²) < 4.78 is 20.4. The highest BCUT2D eigenvalue weighted by Crippen LogP contribution is 2.34. The first kappa shape index (κ1) is 26.8. The maximum absolute atomic E-state index is 14.5. The number of rotatable bonds is 7. The van der Waals surface area contributed by atoms with Gasteiger partial charge in [0.1, 0.15) is 23.9 Å². The first-order valence-corrected chi connectivity index (χ1v) is 13.2. The van der Waals surface area contributed by atoms with E-state index >= 15 is 0 Å². The fourth-order valence-corrected chi connectivity index (χ4v) is 4.88. The van der Waals surface area contributed by atoms with Crippen molar-refractivity contribution in [2.24, 2.45) is 0 Å². The summed E-state index contributed by atoms with van der Waals surface area (Å²) in [6.45, 7) is 6.38. The number of carbonyl (C=O) groups is 2. The van der Waals surface area contributed by atoms with Crippen molar-refractivity contribution in [2.45, 2.75) is 13.5 Å². The number of amides is 2. The lowest BCUT2D eigenvalue weighted by Crippen LogP contribution is -2.48. The zero-order valence-corrected chi connectivity index (χ0v) is 22.7. The van der Waals surface area contributed by atoms with Crippen LogP contribution in [0.25, 0.3) is 11.4 Å². The Morgan fingerprint density at radius 3 is 2.54 bits per heavy atom. The van der Waals surface area contributed by atoms with Crippen molar-refractivity contribution in [3.63, 3.8) is 0 Å². The van der Waals surface area contributed by atoms with Crippen LogP contribution in [0, 0.1) is 5.82 Å². The van der Waals surface area contributed by atoms with Crippen LogP contribution in [0.1, 0.15) is 12.5 Å². The zero-order valence-electron chi connectivity index (χ0n) is 21.9. The highest BCUT2D eigenvalue weighted by Gasteiger charge is 2.29. The molecular formula is C28H30ClFN6O3. The summed E-state index contributed by atoms with van der Waals surface area (Å²) in [4.78, 5) is 40.8. The van der Waals surface area contributed by atoms with Crippen LogP contribution >= 0.6 is 11.6 Å². The number of likely N-dealkylation sites (N-methyl/N-ethyl adjacent to an activating group) is 1. The Balaban J connectivity index is 1.25. The van der Waals surface area contributed by atoms with Crippen LogP contribution in [0.15, 0.2) is 48.7 Å². The molecule has 9 nitrogen and oxygen atoms in total. The molecule has 0 bridgehead atoms. The highest BCUT2D eigenvalue weighted by atomic mass is 35.5. The number of fused-ring (bicyclic) bond motifs is 1. The Labute approximate surface area is 231 Å². The van der Waals surface area contributed by atoms with Crippen molar-refractivity contribution in [3.8, 4) is 17.1 Å². The van der Waals surface area contributed by atoms with Crippen LogP contribution in [0.3, 0.4) is 0 Å². The van der Waals surface area contributed by atoms with E-state index in [4.69, 9.17) is 21.3 Å². The van der Waals surface area contributed by atoms with Gasteiger partial charge in [-0.05, 0) is 36.4 Å². The molecule has 1 aromatic heterocycles. The van der Waals surface area contributed by atoms with Gasteiger partial charge in [-0.2, -0.15) is 0 Å². The zero-order chi connectivity index (χ0) is 27.5. The van der Waals surface area contributed by atoms with E-state index < -0.39 is 5.82 Å². The number of aromatic nitrogens is 2. The van der Waals surface area contributed by atoms with Gasteiger partial charge in [-0.15, -0.1) is 0 Å². The second kappa shape index (κ2) is 11.5. The van der Waals surface area contributed by atoms with E-state index in [1.165, 1.54) is 11.0 Å². The molecule has 1 fully saturated rings. The number of hydrogen-bond donors (Lipinski definition) is 0. The third kappa shape index (κ3) is 6.12. The molecule has 0 saturated carbocycles. The van der Waals surface area contributed by atoms with Gasteiger partial charge in [0.2, 0.25) is 11.8 Å². The number of benzene rings is 2. The molecule has 2 amide bonds. The second-order valence-electron chi connectivity index (χ2n) is 9.67. The molecule has 2 aromatic carbocycles. The van der Waals surface area contributed by atoms with Gasteiger partial charge in [-0.1, -0.05) is 17.7 Å². The molecule has 0 N–H and O–H groups in total. The van der Waals surface area contributed by atoms with E-state index in [1.807, 2.05) is 29.2 Å². The highest BCUT2D eigenvalue weighted by molar-refractivity contribution is 6.30. The van der Waals surface area contributed by atoms with E-state index in [2.05, 4.69) is 9.88 Å². The first-order chi connectivity index (χ1) is 18.8. The Morgan fingerprint density at radius 2 is 1.85 bits per heavy atom. The van der Waals surface area contributed by atoms with Gasteiger partial charge in [0.25, 0.3) is 0 Å². The topological polar surface area (TPSA) is 82.1 Å². The van der Waals surface area contributed by atoms with Crippen molar-refractivity contribution < 1.29 is 18.7 Å². The number of anilines is 2. The second-order valence-corrected chi connectivity index (χ2v) is 10.1. The third-order valence-electron chi connectivity index (χ3n) is 7.09. The Hall–Kier alpha value is -3.76. The molecule has 39 heavy (non-hydrogen) atoms. The van der Waals surface area contributed by atoms with E-state index in [9.17, 15) is 14.0 Å². The quantitative estimate of drug-likeness (QED) is 0.444. The smallest absolute Gasteiger partial charge is 0.246 e. The molecule has 11 heteroatoms. The molecule has 0 atom stereocenters. The number of nitrogens with zero attached hydrogens (tertiary/aromatic N) is 6. The maximum Gasteiger partial charge on any atom is 0.246 e. The minimum absolute atomic E-state index is 0.0681. The summed E-state index contributed by atoms with van der Waals surface area (Å²) in [7, 11) is 1.68. The van der Waals surface area contributed by atoms with Gasteiger partial charge < -0.3 is 19.4 Å². The van der Waals surface area contributed by atoms with Gasteiger partial charge in [-0.25, -0.2) is 14.4 Å². The van der Waals surface area contributed by atoms with Gasteiger partial charge in [0.15, 0.2) is 11.6 Å². The minimum Gasteiger partial charge on any atom is -0.492 e. The van der Waals surface area contributed by atoms with Gasteiger partial charge in [-0.3, -0.25) is 14.5 Å². The maximum atomic E-state index is 14.5. The molecule has 0 radical (unpaired) electrons.